The predicted octanol–water partition coefficient (Wildman–Crippen LogP) is 1.45. The van der Waals surface area contributed by atoms with Gasteiger partial charge in [-0.05, 0) is 12.1 Å². The lowest BCUT2D eigenvalue weighted by atomic mass is 10.2. The molecule has 148 valence electrons. The number of amides is 1. The van der Waals surface area contributed by atoms with Crippen LogP contribution in [-0.2, 0) is 18.4 Å². The van der Waals surface area contributed by atoms with Crippen LogP contribution in [0.5, 0.6) is 0 Å². The average Bonchev–Trinajstić information content (AvgIpc) is 3.31. The molecular formula is C19H20N8O2. The summed E-state index contributed by atoms with van der Waals surface area (Å²) in [6.45, 7) is 3.75. The fourth-order valence-corrected chi connectivity index (χ4v) is 3.05. The third kappa shape index (κ3) is 3.64. The monoisotopic (exact) mass is 392 g/mol. The van der Waals surface area contributed by atoms with E-state index in [0.717, 1.165) is 11.3 Å². The van der Waals surface area contributed by atoms with E-state index in [1.54, 1.807) is 22.9 Å². The standard InChI is InChI=1S/C19H20N8O2/c1-12(2)18-24-27(9-17(28)23-16-4-5-20-10-21-16)19(29)15-6-13(7-26(15)18)14-8-25(3)11-22-14/h4-8,10-12H,9H2,1-3H3,(H,20,21,23,28). The summed E-state index contributed by atoms with van der Waals surface area (Å²) >= 11 is 0. The highest BCUT2D eigenvalue weighted by molar-refractivity contribution is 5.89. The first-order valence-electron chi connectivity index (χ1n) is 9.09. The molecular weight excluding hydrogens is 372 g/mol. The van der Waals surface area contributed by atoms with Crippen molar-refractivity contribution in [1.29, 1.82) is 0 Å². The lowest BCUT2D eigenvalue weighted by Crippen LogP contribution is -2.32. The Labute approximate surface area is 165 Å². The van der Waals surface area contributed by atoms with Crippen molar-refractivity contribution in [3.8, 4) is 11.3 Å². The Balaban J connectivity index is 1.73. The van der Waals surface area contributed by atoms with Gasteiger partial charge in [-0.1, -0.05) is 13.8 Å². The van der Waals surface area contributed by atoms with Gasteiger partial charge < -0.3 is 9.88 Å². The summed E-state index contributed by atoms with van der Waals surface area (Å²) in [6.07, 6.45) is 8.30. The maximum absolute atomic E-state index is 13.0. The molecule has 0 spiro atoms. The molecule has 4 rings (SSSR count). The molecule has 4 aromatic rings. The van der Waals surface area contributed by atoms with E-state index < -0.39 is 5.91 Å². The average molecular weight is 392 g/mol. The smallest absolute Gasteiger partial charge is 0.291 e. The quantitative estimate of drug-likeness (QED) is 0.550. The van der Waals surface area contributed by atoms with E-state index in [1.165, 1.54) is 17.2 Å². The van der Waals surface area contributed by atoms with Gasteiger partial charge in [0.25, 0.3) is 5.56 Å². The first kappa shape index (κ1) is 18.5. The van der Waals surface area contributed by atoms with E-state index in [9.17, 15) is 9.59 Å². The Kier molecular flexibility index (Phi) is 4.67. The number of nitrogens with one attached hydrogen (secondary N) is 1. The predicted molar refractivity (Wildman–Crippen MR) is 106 cm³/mol. The van der Waals surface area contributed by atoms with Gasteiger partial charge in [0.05, 0.1) is 12.0 Å². The van der Waals surface area contributed by atoms with Crippen LogP contribution >= 0.6 is 0 Å². The first-order chi connectivity index (χ1) is 13.9. The molecule has 0 atom stereocenters. The van der Waals surface area contributed by atoms with E-state index in [2.05, 4.69) is 25.4 Å². The van der Waals surface area contributed by atoms with Gasteiger partial charge in [0, 0.05) is 37.1 Å². The van der Waals surface area contributed by atoms with Crippen LogP contribution in [0.3, 0.4) is 0 Å². The number of anilines is 1. The van der Waals surface area contributed by atoms with Gasteiger partial charge in [0.1, 0.15) is 30.0 Å². The van der Waals surface area contributed by atoms with Crippen LogP contribution < -0.4 is 10.9 Å². The second kappa shape index (κ2) is 7.30. The van der Waals surface area contributed by atoms with Gasteiger partial charge >= 0.3 is 0 Å². The number of nitrogens with zero attached hydrogens (tertiary/aromatic N) is 7. The van der Waals surface area contributed by atoms with Crippen molar-refractivity contribution in [3.05, 3.63) is 59.6 Å². The molecule has 1 amide bonds. The highest BCUT2D eigenvalue weighted by Crippen LogP contribution is 2.22. The molecule has 0 radical (unpaired) electrons. The second-order valence-electron chi connectivity index (χ2n) is 7.03. The van der Waals surface area contributed by atoms with Gasteiger partial charge in [-0.25, -0.2) is 19.6 Å². The minimum atomic E-state index is -0.395. The van der Waals surface area contributed by atoms with Crippen molar-refractivity contribution in [2.45, 2.75) is 26.3 Å². The highest BCUT2D eigenvalue weighted by atomic mass is 16.2. The molecule has 10 heteroatoms. The topological polar surface area (TPSA) is 112 Å². The van der Waals surface area contributed by atoms with Crippen molar-refractivity contribution in [3.63, 3.8) is 0 Å². The van der Waals surface area contributed by atoms with Crippen molar-refractivity contribution < 1.29 is 4.79 Å². The van der Waals surface area contributed by atoms with E-state index >= 15 is 0 Å². The molecule has 1 N–H and O–H groups in total. The normalized spacial score (nSPS) is 11.3. The number of hydrogen-bond acceptors (Lipinski definition) is 6. The van der Waals surface area contributed by atoms with Crippen LogP contribution in [0.15, 0.2) is 48.2 Å². The summed E-state index contributed by atoms with van der Waals surface area (Å²) in [4.78, 5) is 37.5. The molecule has 0 fully saturated rings. The number of imidazole rings is 1. The maximum Gasteiger partial charge on any atom is 0.291 e. The summed E-state index contributed by atoms with van der Waals surface area (Å²) in [7, 11) is 1.89. The van der Waals surface area contributed by atoms with E-state index in [0.29, 0.717) is 17.2 Å². The summed E-state index contributed by atoms with van der Waals surface area (Å²) in [5, 5.41) is 7.08. The van der Waals surface area contributed by atoms with Crippen molar-refractivity contribution in [2.75, 3.05) is 5.32 Å². The molecule has 0 bridgehead atoms. The van der Waals surface area contributed by atoms with Gasteiger partial charge in [-0.3, -0.25) is 14.0 Å². The minimum absolute atomic E-state index is 0.0401. The van der Waals surface area contributed by atoms with Crippen molar-refractivity contribution in [1.82, 2.24) is 33.7 Å². The summed E-state index contributed by atoms with van der Waals surface area (Å²) < 4.78 is 4.80. The first-order valence-corrected chi connectivity index (χ1v) is 9.09. The molecule has 29 heavy (non-hydrogen) atoms. The van der Waals surface area contributed by atoms with E-state index in [1.807, 2.05) is 37.9 Å². The van der Waals surface area contributed by atoms with Crippen molar-refractivity contribution >= 4 is 17.2 Å². The molecule has 0 aliphatic rings. The van der Waals surface area contributed by atoms with Crippen LogP contribution in [0.4, 0.5) is 5.82 Å². The fraction of sp³-hybridized carbons (Fsp3) is 0.263. The van der Waals surface area contributed by atoms with E-state index in [4.69, 9.17) is 0 Å². The van der Waals surface area contributed by atoms with Crippen LogP contribution in [0, 0.1) is 0 Å². The molecule has 0 aromatic carbocycles. The molecule has 10 nitrogen and oxygen atoms in total. The number of aryl methyl sites for hydroxylation is 1. The van der Waals surface area contributed by atoms with Gasteiger partial charge in [0.15, 0.2) is 0 Å². The number of rotatable bonds is 5. The zero-order valence-corrected chi connectivity index (χ0v) is 16.3. The molecule has 0 saturated heterocycles. The van der Waals surface area contributed by atoms with Gasteiger partial charge in [-0.2, -0.15) is 5.10 Å². The third-order valence-corrected chi connectivity index (χ3v) is 4.40. The van der Waals surface area contributed by atoms with Crippen LogP contribution in [0.2, 0.25) is 0 Å². The number of aromatic nitrogens is 7. The number of carbonyl (C=O) groups is 1. The lowest BCUT2D eigenvalue weighted by molar-refractivity contribution is -0.117. The molecule has 0 saturated carbocycles. The minimum Gasteiger partial charge on any atom is -0.340 e. The van der Waals surface area contributed by atoms with Crippen molar-refractivity contribution in [2.24, 2.45) is 7.05 Å². The largest absolute Gasteiger partial charge is 0.340 e. The Morgan fingerprint density at radius 1 is 1.24 bits per heavy atom. The molecule has 0 aliphatic carbocycles. The molecule has 0 unspecified atom stereocenters. The third-order valence-electron chi connectivity index (χ3n) is 4.40. The highest BCUT2D eigenvalue weighted by Gasteiger charge is 2.17. The number of fused-ring (bicyclic) bond motifs is 1. The Bertz CT molecular complexity index is 1240. The molecule has 4 aromatic heterocycles. The van der Waals surface area contributed by atoms with Crippen LogP contribution in [0.25, 0.3) is 16.8 Å². The Morgan fingerprint density at radius 2 is 2.07 bits per heavy atom. The zero-order chi connectivity index (χ0) is 20.5. The number of hydrogen-bond donors (Lipinski definition) is 1. The zero-order valence-electron chi connectivity index (χ0n) is 16.3. The van der Waals surface area contributed by atoms with E-state index in [-0.39, 0.29) is 18.0 Å². The fourth-order valence-electron chi connectivity index (χ4n) is 3.05. The van der Waals surface area contributed by atoms with Gasteiger partial charge in [0.2, 0.25) is 5.91 Å². The number of carbonyl (C=O) groups excluding carboxylic acids is 1. The molecule has 4 heterocycles. The van der Waals surface area contributed by atoms with Gasteiger partial charge in [-0.15, -0.1) is 0 Å². The summed E-state index contributed by atoms with van der Waals surface area (Å²) in [5.41, 5.74) is 1.67. The van der Waals surface area contributed by atoms with Crippen LogP contribution in [0.1, 0.15) is 25.6 Å². The Morgan fingerprint density at radius 3 is 2.72 bits per heavy atom. The maximum atomic E-state index is 13.0. The molecule has 0 aliphatic heterocycles. The van der Waals surface area contributed by atoms with Crippen LogP contribution in [-0.4, -0.2) is 39.6 Å². The summed E-state index contributed by atoms with van der Waals surface area (Å²) in [6, 6.07) is 3.35. The lowest BCUT2D eigenvalue weighted by Gasteiger charge is -2.12. The second-order valence-corrected chi connectivity index (χ2v) is 7.03. The summed E-state index contributed by atoms with van der Waals surface area (Å²) in [5.74, 6) is 0.687. The SMILES string of the molecule is CC(C)c1nn(CC(=O)Nc2ccncn2)c(=O)c2cc(-c3cn(C)cn3)cn12. The Hall–Kier alpha value is -3.82.